The van der Waals surface area contributed by atoms with Crippen LogP contribution in [0, 0.1) is 0 Å². The molecule has 0 spiro atoms. The Kier molecular flexibility index (Phi) is 4.87. The highest BCUT2D eigenvalue weighted by Crippen LogP contribution is 2.38. The van der Waals surface area contributed by atoms with Crippen molar-refractivity contribution < 1.29 is 13.2 Å². The second-order valence-electron chi connectivity index (χ2n) is 6.50. The number of aromatic amines is 1. The zero-order valence-corrected chi connectivity index (χ0v) is 15.7. The number of nitrogens with zero attached hydrogens (tertiary/aromatic N) is 3. The summed E-state index contributed by atoms with van der Waals surface area (Å²) in [6, 6.07) is 8.57. The fourth-order valence-corrected chi connectivity index (χ4v) is 3.44. The molecule has 5 nitrogen and oxygen atoms in total. The van der Waals surface area contributed by atoms with Gasteiger partial charge in [-0.05, 0) is 34.9 Å². The molecule has 0 saturated heterocycles. The molecule has 2 unspecified atom stereocenters. The third-order valence-electron chi connectivity index (χ3n) is 4.73. The van der Waals surface area contributed by atoms with Crippen molar-refractivity contribution >= 4 is 17.8 Å². The zero-order chi connectivity index (χ0) is 20.6. The van der Waals surface area contributed by atoms with Crippen LogP contribution in [0.5, 0.6) is 0 Å². The van der Waals surface area contributed by atoms with Gasteiger partial charge in [-0.1, -0.05) is 29.8 Å². The van der Waals surface area contributed by atoms with Gasteiger partial charge >= 0.3 is 6.18 Å². The normalized spacial score (nSPS) is 18.6. The Labute approximate surface area is 169 Å². The van der Waals surface area contributed by atoms with E-state index < -0.39 is 11.9 Å². The van der Waals surface area contributed by atoms with E-state index in [1.54, 1.807) is 36.7 Å². The summed E-state index contributed by atoms with van der Waals surface area (Å²) in [5.41, 5.74) is 4.34. The van der Waals surface area contributed by atoms with Crippen LogP contribution < -0.4 is 5.43 Å². The van der Waals surface area contributed by atoms with Crippen LogP contribution in [0.3, 0.4) is 0 Å². The topological polar surface area (TPSA) is 66.0 Å². The molecule has 0 bridgehead atoms. The molecule has 29 heavy (non-hydrogen) atoms. The highest BCUT2D eigenvalue weighted by atomic mass is 35.5. The van der Waals surface area contributed by atoms with E-state index in [0.29, 0.717) is 5.02 Å². The fourth-order valence-electron chi connectivity index (χ4n) is 3.32. The third kappa shape index (κ3) is 3.63. The Morgan fingerprint density at radius 3 is 2.59 bits per heavy atom. The molecular weight excluding hydrogens is 403 g/mol. The van der Waals surface area contributed by atoms with E-state index in [4.69, 9.17) is 11.6 Å². The highest BCUT2D eigenvalue weighted by molar-refractivity contribution is 6.30. The number of hydrazone groups is 1. The molecule has 148 valence electrons. The van der Waals surface area contributed by atoms with Crippen LogP contribution >= 0.6 is 11.6 Å². The lowest BCUT2D eigenvalue weighted by Crippen LogP contribution is -2.23. The van der Waals surface area contributed by atoms with Crippen molar-refractivity contribution in [3.63, 3.8) is 0 Å². The lowest BCUT2D eigenvalue weighted by atomic mass is 9.88. The van der Waals surface area contributed by atoms with Crippen LogP contribution in [0.15, 0.2) is 60.5 Å². The average molecular weight is 418 g/mol. The molecule has 4 rings (SSSR count). The van der Waals surface area contributed by atoms with Crippen molar-refractivity contribution in [1.29, 1.82) is 0 Å². The standard InChI is InChI=1S/C20H15ClF3N5/c1-2-17-15(9-26-28-17)14-8-25-18(16-10-27-29-19(16)20(22,23)24)7-13(14)11-3-5-12(21)6-4-11/h2-10,15,17,28H,1H2,(H,27,29). The maximum absolute atomic E-state index is 13.3. The minimum atomic E-state index is -4.59. The van der Waals surface area contributed by atoms with Gasteiger partial charge < -0.3 is 5.43 Å². The van der Waals surface area contributed by atoms with E-state index in [2.05, 4.69) is 32.3 Å². The number of hydrogen-bond donors (Lipinski definition) is 2. The van der Waals surface area contributed by atoms with Gasteiger partial charge in [0.05, 0.1) is 17.3 Å². The largest absolute Gasteiger partial charge is 0.435 e. The first-order chi connectivity index (χ1) is 13.9. The lowest BCUT2D eigenvalue weighted by Gasteiger charge is -2.19. The molecule has 1 aliphatic heterocycles. The van der Waals surface area contributed by atoms with Gasteiger partial charge in [-0.2, -0.15) is 23.4 Å². The molecule has 0 aliphatic carbocycles. The molecule has 2 atom stereocenters. The summed E-state index contributed by atoms with van der Waals surface area (Å²) in [4.78, 5) is 4.30. The predicted octanol–water partition coefficient (Wildman–Crippen LogP) is 5.04. The van der Waals surface area contributed by atoms with Crippen LogP contribution in [-0.4, -0.2) is 27.4 Å². The number of benzene rings is 1. The van der Waals surface area contributed by atoms with Crippen molar-refractivity contribution in [2.45, 2.75) is 18.1 Å². The Hall–Kier alpha value is -3.13. The summed E-state index contributed by atoms with van der Waals surface area (Å²) in [6.45, 7) is 3.81. The van der Waals surface area contributed by atoms with E-state index >= 15 is 0 Å². The number of alkyl halides is 3. The smallest absolute Gasteiger partial charge is 0.302 e. The number of pyridine rings is 1. The number of H-pyrrole nitrogens is 1. The van der Waals surface area contributed by atoms with Crippen molar-refractivity contribution in [2.24, 2.45) is 5.10 Å². The SMILES string of the molecule is C=CC1NN=CC1c1cnc(-c2c[nH]nc2C(F)(F)F)cc1-c1ccc(Cl)cc1. The minimum absolute atomic E-state index is 0.113. The molecule has 2 aromatic heterocycles. The Morgan fingerprint density at radius 1 is 1.14 bits per heavy atom. The second kappa shape index (κ2) is 7.36. The summed E-state index contributed by atoms with van der Waals surface area (Å²) in [6.07, 6.45) is 1.65. The Morgan fingerprint density at radius 2 is 1.90 bits per heavy atom. The van der Waals surface area contributed by atoms with E-state index in [9.17, 15) is 13.2 Å². The van der Waals surface area contributed by atoms with E-state index in [1.165, 1.54) is 6.20 Å². The van der Waals surface area contributed by atoms with Gasteiger partial charge in [0.25, 0.3) is 0 Å². The van der Waals surface area contributed by atoms with Crippen molar-refractivity contribution in [2.75, 3.05) is 0 Å². The molecule has 3 heterocycles. The van der Waals surface area contributed by atoms with Crippen molar-refractivity contribution in [1.82, 2.24) is 20.6 Å². The van der Waals surface area contributed by atoms with Crippen LogP contribution in [0.4, 0.5) is 13.2 Å². The van der Waals surface area contributed by atoms with Gasteiger partial charge in [0, 0.05) is 29.5 Å². The van der Waals surface area contributed by atoms with Crippen LogP contribution in [0.25, 0.3) is 22.4 Å². The number of hydrogen-bond acceptors (Lipinski definition) is 4. The van der Waals surface area contributed by atoms with Gasteiger partial charge in [0.15, 0.2) is 5.69 Å². The average Bonchev–Trinajstić information content (AvgIpc) is 3.37. The van der Waals surface area contributed by atoms with E-state index in [0.717, 1.165) is 16.7 Å². The molecule has 0 radical (unpaired) electrons. The minimum Gasteiger partial charge on any atom is -0.302 e. The van der Waals surface area contributed by atoms with Crippen molar-refractivity contribution in [3.8, 4) is 22.4 Å². The molecule has 1 aromatic carbocycles. The van der Waals surface area contributed by atoms with E-state index in [1.807, 2.05) is 12.1 Å². The highest BCUT2D eigenvalue weighted by Gasteiger charge is 2.37. The number of aromatic nitrogens is 3. The van der Waals surface area contributed by atoms with Crippen LogP contribution in [0.1, 0.15) is 17.2 Å². The first-order valence-corrected chi connectivity index (χ1v) is 9.05. The maximum atomic E-state index is 13.3. The van der Waals surface area contributed by atoms with Gasteiger partial charge in [-0.15, -0.1) is 6.58 Å². The molecular formula is C20H15ClF3N5. The van der Waals surface area contributed by atoms with Gasteiger partial charge in [0.1, 0.15) is 0 Å². The number of nitrogens with one attached hydrogen (secondary N) is 2. The number of rotatable bonds is 4. The zero-order valence-electron chi connectivity index (χ0n) is 14.9. The fraction of sp³-hybridized carbons (Fsp3) is 0.150. The summed E-state index contributed by atoms with van der Waals surface area (Å²) in [5, 5.41) is 10.3. The Bertz CT molecular complexity index is 1070. The molecule has 0 saturated carbocycles. The van der Waals surface area contributed by atoms with Crippen molar-refractivity contribution in [3.05, 3.63) is 71.7 Å². The second-order valence-corrected chi connectivity index (χ2v) is 6.94. The summed E-state index contributed by atoms with van der Waals surface area (Å²) in [7, 11) is 0. The maximum Gasteiger partial charge on any atom is 0.435 e. The molecule has 0 fully saturated rings. The van der Waals surface area contributed by atoms with Gasteiger partial charge in [-0.25, -0.2) is 0 Å². The third-order valence-corrected chi connectivity index (χ3v) is 4.99. The molecule has 9 heteroatoms. The lowest BCUT2D eigenvalue weighted by molar-refractivity contribution is -0.140. The van der Waals surface area contributed by atoms with Gasteiger partial charge in [-0.3, -0.25) is 10.1 Å². The predicted molar refractivity (Wildman–Crippen MR) is 106 cm³/mol. The monoisotopic (exact) mass is 417 g/mol. The molecule has 2 N–H and O–H groups in total. The van der Waals surface area contributed by atoms with Gasteiger partial charge in [0.2, 0.25) is 0 Å². The summed E-state index contributed by atoms with van der Waals surface area (Å²) in [5.74, 6) is -0.161. The molecule has 1 aliphatic rings. The summed E-state index contributed by atoms with van der Waals surface area (Å²) >= 11 is 6.00. The van der Waals surface area contributed by atoms with E-state index in [-0.39, 0.29) is 23.2 Å². The molecule has 0 amide bonds. The quantitative estimate of drug-likeness (QED) is 0.584. The van der Waals surface area contributed by atoms with Crippen LogP contribution in [0.2, 0.25) is 5.02 Å². The first-order valence-electron chi connectivity index (χ1n) is 8.67. The summed E-state index contributed by atoms with van der Waals surface area (Å²) < 4.78 is 39.9. The number of halogens is 4. The molecule has 3 aromatic rings. The van der Waals surface area contributed by atoms with Crippen LogP contribution in [-0.2, 0) is 6.18 Å². The Balaban J connectivity index is 1.88. The first kappa shape index (κ1) is 19.2.